The maximum atomic E-state index is 13.3. The first-order valence-corrected chi connectivity index (χ1v) is 7.75. The second-order valence-corrected chi connectivity index (χ2v) is 5.75. The molecule has 1 aliphatic heterocycles. The summed E-state index contributed by atoms with van der Waals surface area (Å²) in [5.74, 6) is -0.125. The molecule has 6 nitrogen and oxygen atoms in total. The van der Waals surface area contributed by atoms with Crippen LogP contribution in [0.5, 0.6) is 0 Å². The van der Waals surface area contributed by atoms with E-state index >= 15 is 0 Å². The summed E-state index contributed by atoms with van der Waals surface area (Å²) in [5, 5.41) is 6.67. The van der Waals surface area contributed by atoms with Crippen molar-refractivity contribution < 1.29 is 18.4 Å². The van der Waals surface area contributed by atoms with Crippen LogP contribution in [0.25, 0.3) is 11.1 Å². The van der Waals surface area contributed by atoms with Crippen molar-refractivity contribution >= 4 is 28.4 Å². The molecular weight excluding hydrogens is 325 g/mol. The molecular formula is C18H14FN3O3. The zero-order valence-corrected chi connectivity index (χ0v) is 13.3. The molecule has 0 radical (unpaired) electrons. The van der Waals surface area contributed by atoms with E-state index in [1.165, 1.54) is 12.1 Å². The van der Waals surface area contributed by atoms with Gasteiger partial charge in [0.05, 0.1) is 5.71 Å². The predicted octanol–water partition coefficient (Wildman–Crippen LogP) is 3.41. The highest BCUT2D eigenvalue weighted by atomic mass is 19.1. The molecule has 0 saturated carbocycles. The zero-order chi connectivity index (χ0) is 17.4. The number of aryl methyl sites for hydroxylation is 1. The SMILES string of the molecule is Cc1nc2ccc(NC(=O)C3CC(c4cccc(F)c4)=NO3)cc2o1. The number of carbonyl (C=O) groups excluding carboxylic acids is 1. The predicted molar refractivity (Wildman–Crippen MR) is 89.8 cm³/mol. The van der Waals surface area contributed by atoms with Gasteiger partial charge in [0.1, 0.15) is 11.3 Å². The van der Waals surface area contributed by atoms with Crippen molar-refractivity contribution in [3.8, 4) is 0 Å². The van der Waals surface area contributed by atoms with Crippen molar-refractivity contribution in [1.82, 2.24) is 4.98 Å². The first-order valence-electron chi connectivity index (χ1n) is 7.75. The molecule has 0 bridgehead atoms. The van der Waals surface area contributed by atoms with E-state index in [0.29, 0.717) is 28.4 Å². The number of halogens is 1. The molecule has 4 rings (SSSR count). The molecule has 3 aromatic rings. The third-order valence-electron chi connectivity index (χ3n) is 3.88. The van der Waals surface area contributed by atoms with E-state index in [1.807, 2.05) is 0 Å². The first-order chi connectivity index (χ1) is 12.1. The Morgan fingerprint density at radius 3 is 3.00 bits per heavy atom. The van der Waals surface area contributed by atoms with E-state index in [2.05, 4.69) is 15.5 Å². The van der Waals surface area contributed by atoms with E-state index in [4.69, 9.17) is 9.25 Å². The van der Waals surface area contributed by atoms with Crippen LogP contribution in [0.4, 0.5) is 10.1 Å². The van der Waals surface area contributed by atoms with Crippen LogP contribution in [0.1, 0.15) is 17.9 Å². The van der Waals surface area contributed by atoms with Gasteiger partial charge < -0.3 is 14.6 Å². The van der Waals surface area contributed by atoms with Gasteiger partial charge in [-0.2, -0.15) is 0 Å². The van der Waals surface area contributed by atoms with Gasteiger partial charge in [-0.15, -0.1) is 0 Å². The Morgan fingerprint density at radius 1 is 1.28 bits per heavy atom. The molecule has 2 heterocycles. The van der Waals surface area contributed by atoms with Crippen LogP contribution in [0.15, 0.2) is 52.0 Å². The standard InChI is InChI=1S/C18H14FN3O3/c1-10-20-14-6-5-13(8-16(14)24-10)21-18(23)17-9-15(22-25-17)11-3-2-4-12(19)7-11/h2-8,17H,9H2,1H3,(H,21,23). The lowest BCUT2D eigenvalue weighted by molar-refractivity contribution is -0.125. The Morgan fingerprint density at radius 2 is 2.16 bits per heavy atom. The Hall–Kier alpha value is -3.22. The maximum Gasteiger partial charge on any atom is 0.268 e. The molecule has 1 unspecified atom stereocenters. The second-order valence-electron chi connectivity index (χ2n) is 5.75. The summed E-state index contributed by atoms with van der Waals surface area (Å²) in [6.07, 6.45) is -0.482. The quantitative estimate of drug-likeness (QED) is 0.793. The molecule has 2 aromatic carbocycles. The van der Waals surface area contributed by atoms with Gasteiger partial charge >= 0.3 is 0 Å². The third-order valence-corrected chi connectivity index (χ3v) is 3.88. The summed E-state index contributed by atoms with van der Waals surface area (Å²) in [5.41, 5.74) is 3.05. The van der Waals surface area contributed by atoms with Crippen LogP contribution >= 0.6 is 0 Å². The van der Waals surface area contributed by atoms with Crippen molar-refractivity contribution in [2.75, 3.05) is 5.32 Å². The summed E-state index contributed by atoms with van der Waals surface area (Å²) < 4.78 is 18.8. The largest absolute Gasteiger partial charge is 0.441 e. The maximum absolute atomic E-state index is 13.3. The Bertz CT molecular complexity index is 996. The fourth-order valence-corrected chi connectivity index (χ4v) is 2.70. The van der Waals surface area contributed by atoms with Crippen LogP contribution in [0.2, 0.25) is 0 Å². The zero-order valence-electron chi connectivity index (χ0n) is 13.3. The van der Waals surface area contributed by atoms with Gasteiger partial charge in [-0.3, -0.25) is 4.79 Å². The molecule has 0 aliphatic carbocycles. The smallest absolute Gasteiger partial charge is 0.268 e. The van der Waals surface area contributed by atoms with Crippen LogP contribution in [0.3, 0.4) is 0 Å². The normalized spacial score (nSPS) is 16.6. The third kappa shape index (κ3) is 3.08. The lowest BCUT2D eigenvalue weighted by Gasteiger charge is -2.09. The Kier molecular flexibility index (Phi) is 3.68. The van der Waals surface area contributed by atoms with Gasteiger partial charge in [0.25, 0.3) is 5.91 Å². The van der Waals surface area contributed by atoms with Crippen molar-refractivity contribution in [3.63, 3.8) is 0 Å². The number of rotatable bonds is 3. The number of oxime groups is 1. The Balaban J connectivity index is 1.45. The fourth-order valence-electron chi connectivity index (χ4n) is 2.70. The van der Waals surface area contributed by atoms with Gasteiger partial charge in [0, 0.05) is 30.7 Å². The second kappa shape index (κ2) is 6.01. The minimum Gasteiger partial charge on any atom is -0.441 e. The highest BCUT2D eigenvalue weighted by molar-refractivity contribution is 6.06. The van der Waals surface area contributed by atoms with E-state index in [0.717, 1.165) is 5.52 Å². The van der Waals surface area contributed by atoms with Crippen molar-refractivity contribution in [2.24, 2.45) is 5.16 Å². The van der Waals surface area contributed by atoms with Crippen LogP contribution in [-0.2, 0) is 9.63 Å². The summed E-state index contributed by atoms with van der Waals surface area (Å²) in [4.78, 5) is 21.8. The monoisotopic (exact) mass is 339 g/mol. The van der Waals surface area contributed by atoms with Gasteiger partial charge in [0.15, 0.2) is 11.5 Å². The van der Waals surface area contributed by atoms with Gasteiger partial charge in [-0.1, -0.05) is 17.3 Å². The number of amides is 1. The number of benzene rings is 2. The number of carbonyl (C=O) groups is 1. The van der Waals surface area contributed by atoms with Crippen molar-refractivity contribution in [3.05, 3.63) is 59.7 Å². The minimum atomic E-state index is -0.759. The van der Waals surface area contributed by atoms with E-state index in [1.54, 1.807) is 37.3 Å². The molecule has 1 atom stereocenters. The molecule has 7 heteroatoms. The molecule has 0 saturated heterocycles. The molecule has 1 amide bonds. The van der Waals surface area contributed by atoms with E-state index in [-0.39, 0.29) is 18.1 Å². The lowest BCUT2D eigenvalue weighted by atomic mass is 10.0. The van der Waals surface area contributed by atoms with E-state index < -0.39 is 6.10 Å². The summed E-state index contributed by atoms with van der Waals surface area (Å²) in [7, 11) is 0. The van der Waals surface area contributed by atoms with Crippen LogP contribution in [-0.4, -0.2) is 22.7 Å². The number of aromatic nitrogens is 1. The molecule has 25 heavy (non-hydrogen) atoms. The topological polar surface area (TPSA) is 76.7 Å². The average Bonchev–Trinajstić information content (AvgIpc) is 3.20. The Labute approximate surface area is 142 Å². The van der Waals surface area contributed by atoms with Crippen LogP contribution < -0.4 is 5.32 Å². The molecule has 1 aliphatic rings. The first kappa shape index (κ1) is 15.3. The highest BCUT2D eigenvalue weighted by Gasteiger charge is 2.29. The molecule has 1 N–H and O–H groups in total. The highest BCUT2D eigenvalue weighted by Crippen LogP contribution is 2.22. The summed E-state index contributed by atoms with van der Waals surface area (Å²) in [6, 6.07) is 11.3. The van der Waals surface area contributed by atoms with Gasteiger partial charge in [-0.25, -0.2) is 9.37 Å². The molecule has 126 valence electrons. The lowest BCUT2D eigenvalue weighted by Crippen LogP contribution is -2.28. The number of hydrogen-bond acceptors (Lipinski definition) is 5. The number of nitrogens with one attached hydrogen (secondary N) is 1. The number of anilines is 1. The average molecular weight is 339 g/mol. The van der Waals surface area contributed by atoms with E-state index in [9.17, 15) is 9.18 Å². The van der Waals surface area contributed by atoms with Crippen molar-refractivity contribution in [2.45, 2.75) is 19.4 Å². The number of fused-ring (bicyclic) bond motifs is 1. The number of hydrogen-bond donors (Lipinski definition) is 1. The summed E-state index contributed by atoms with van der Waals surface area (Å²) >= 11 is 0. The minimum absolute atomic E-state index is 0.277. The van der Waals surface area contributed by atoms with Gasteiger partial charge in [0.2, 0.25) is 6.10 Å². The summed E-state index contributed by atoms with van der Waals surface area (Å²) in [6.45, 7) is 1.76. The molecule has 1 aromatic heterocycles. The molecule has 0 spiro atoms. The van der Waals surface area contributed by atoms with Crippen molar-refractivity contribution in [1.29, 1.82) is 0 Å². The number of nitrogens with zero attached hydrogens (tertiary/aromatic N) is 2. The number of oxazole rings is 1. The fraction of sp³-hybridized carbons (Fsp3) is 0.167. The van der Waals surface area contributed by atoms with Gasteiger partial charge in [-0.05, 0) is 24.3 Å². The molecule has 0 fully saturated rings. The van der Waals surface area contributed by atoms with Crippen LogP contribution in [0, 0.1) is 12.7 Å².